The number of carbonyl (C=O) groups excluding carboxylic acids is 2. The molecular weight excluding hydrogens is 709 g/mol. The molecule has 2 aliphatic heterocycles. The summed E-state index contributed by atoms with van der Waals surface area (Å²) in [5.74, 6) is 1.69. The van der Waals surface area contributed by atoms with Crippen molar-refractivity contribution in [1.82, 2.24) is 49.9 Å². The molecule has 14 nitrogen and oxygen atoms in total. The predicted octanol–water partition coefficient (Wildman–Crippen LogP) is 6.63. The summed E-state index contributed by atoms with van der Waals surface area (Å²) < 4.78 is 0. The smallest absolute Gasteiger partial charge is 0.405 e. The van der Waals surface area contributed by atoms with Crippen LogP contribution in [-0.2, 0) is 9.59 Å². The third-order valence-corrected chi connectivity index (χ3v) is 11.0. The van der Waals surface area contributed by atoms with Gasteiger partial charge in [-0.1, -0.05) is 82.3 Å². The fourth-order valence-corrected chi connectivity index (χ4v) is 8.07. The maximum absolute atomic E-state index is 14.2. The number of carbonyl (C=O) groups is 3. The average Bonchev–Trinajstić information content (AvgIpc) is 4.06. The van der Waals surface area contributed by atoms with Crippen LogP contribution in [0.3, 0.4) is 0 Å². The summed E-state index contributed by atoms with van der Waals surface area (Å²) in [5.41, 5.74) is 5.19. The number of nitrogens with zero attached hydrogens (tertiary/aromatic N) is 7. The van der Waals surface area contributed by atoms with E-state index in [0.29, 0.717) is 24.7 Å². The van der Waals surface area contributed by atoms with Gasteiger partial charge in [-0.2, -0.15) is 0 Å². The molecule has 56 heavy (non-hydrogen) atoms. The van der Waals surface area contributed by atoms with E-state index in [1.54, 1.807) is 23.5 Å². The molecule has 0 radical (unpaired) electrons. The minimum absolute atomic E-state index is 0.114. The summed E-state index contributed by atoms with van der Waals surface area (Å²) in [6.07, 6.45) is 9.13. The van der Waals surface area contributed by atoms with Crippen LogP contribution in [0.5, 0.6) is 0 Å². The van der Waals surface area contributed by atoms with Gasteiger partial charge >= 0.3 is 6.09 Å². The van der Waals surface area contributed by atoms with E-state index < -0.39 is 12.1 Å². The first-order valence-corrected chi connectivity index (χ1v) is 19.6. The molecule has 4 atom stereocenters. The number of hydrogen-bond donors (Lipinski definition) is 4. The molecule has 0 bridgehead atoms. The molecular formula is C42H50N10O4. The number of likely N-dealkylation sites (N-methyl/N-ethyl adjacent to an activating group) is 1. The van der Waals surface area contributed by atoms with Crippen molar-refractivity contribution in [2.24, 2.45) is 5.92 Å². The van der Waals surface area contributed by atoms with E-state index in [2.05, 4.69) is 49.0 Å². The Morgan fingerprint density at radius 2 is 1.29 bits per heavy atom. The Hall–Kier alpha value is -5.89. The molecule has 3 amide bonds. The van der Waals surface area contributed by atoms with Gasteiger partial charge in [0.05, 0.1) is 35.9 Å². The molecule has 4 N–H and O–H groups in total. The van der Waals surface area contributed by atoms with Crippen LogP contribution in [0.1, 0.15) is 88.7 Å². The van der Waals surface area contributed by atoms with Crippen molar-refractivity contribution in [2.75, 3.05) is 26.2 Å². The molecule has 14 heteroatoms. The van der Waals surface area contributed by atoms with Crippen LogP contribution in [0.2, 0.25) is 0 Å². The second-order valence-corrected chi connectivity index (χ2v) is 14.8. The quantitative estimate of drug-likeness (QED) is 0.103. The van der Waals surface area contributed by atoms with Crippen molar-refractivity contribution in [3.8, 4) is 33.9 Å². The zero-order chi connectivity index (χ0) is 39.3. The third kappa shape index (κ3) is 7.92. The van der Waals surface area contributed by atoms with Crippen LogP contribution in [0, 0.1) is 5.92 Å². The fourth-order valence-electron chi connectivity index (χ4n) is 8.07. The summed E-state index contributed by atoms with van der Waals surface area (Å²) in [4.78, 5) is 70.4. The maximum Gasteiger partial charge on any atom is 0.405 e. The molecule has 292 valence electrons. The summed E-state index contributed by atoms with van der Waals surface area (Å²) in [5, 5.41) is 11.7. The molecule has 1 unspecified atom stereocenters. The summed E-state index contributed by atoms with van der Waals surface area (Å²) in [6.45, 7) is 10.6. The van der Waals surface area contributed by atoms with Crippen molar-refractivity contribution >= 4 is 17.9 Å². The molecule has 2 aliphatic rings. The van der Waals surface area contributed by atoms with Gasteiger partial charge in [0, 0.05) is 36.6 Å². The largest absolute Gasteiger partial charge is 0.465 e. The Labute approximate surface area is 326 Å². The summed E-state index contributed by atoms with van der Waals surface area (Å²) in [6, 6.07) is 16.5. The predicted molar refractivity (Wildman–Crippen MR) is 212 cm³/mol. The van der Waals surface area contributed by atoms with E-state index in [0.717, 1.165) is 78.2 Å². The van der Waals surface area contributed by atoms with Gasteiger partial charge in [-0.15, -0.1) is 0 Å². The summed E-state index contributed by atoms with van der Waals surface area (Å²) in [7, 11) is 0. The van der Waals surface area contributed by atoms with E-state index in [1.165, 1.54) is 0 Å². The number of aromatic amines is 2. The monoisotopic (exact) mass is 758 g/mol. The highest BCUT2D eigenvalue weighted by Crippen LogP contribution is 2.36. The lowest BCUT2D eigenvalue weighted by molar-refractivity contribution is -0.138. The van der Waals surface area contributed by atoms with Crippen molar-refractivity contribution in [2.45, 2.75) is 77.5 Å². The Morgan fingerprint density at radius 3 is 1.82 bits per heavy atom. The number of rotatable bonds is 13. The zero-order valence-corrected chi connectivity index (χ0v) is 32.4. The minimum Gasteiger partial charge on any atom is -0.465 e. The molecule has 3 aromatic heterocycles. The van der Waals surface area contributed by atoms with Gasteiger partial charge in [0.1, 0.15) is 23.7 Å². The summed E-state index contributed by atoms with van der Waals surface area (Å²) >= 11 is 0. The molecule has 5 heterocycles. The van der Waals surface area contributed by atoms with Crippen LogP contribution in [0.25, 0.3) is 33.9 Å². The second-order valence-electron chi connectivity index (χ2n) is 14.8. The number of hydrogen-bond acceptors (Lipinski definition) is 8. The number of likely N-dealkylation sites (tertiary alicyclic amines) is 2. The van der Waals surface area contributed by atoms with Crippen molar-refractivity contribution in [3.63, 3.8) is 0 Å². The van der Waals surface area contributed by atoms with Crippen LogP contribution in [0.4, 0.5) is 4.79 Å². The number of imidazole rings is 2. The Balaban J connectivity index is 1.02. The van der Waals surface area contributed by atoms with Gasteiger partial charge in [-0.25, -0.2) is 24.7 Å². The molecule has 2 saturated heterocycles. The highest BCUT2D eigenvalue weighted by Gasteiger charge is 2.39. The van der Waals surface area contributed by atoms with Crippen LogP contribution >= 0.6 is 0 Å². The Bertz CT molecular complexity index is 2110. The first-order chi connectivity index (χ1) is 27.2. The van der Waals surface area contributed by atoms with E-state index in [-0.39, 0.29) is 35.9 Å². The molecule has 2 fully saturated rings. The molecule has 7 rings (SSSR count). The Morgan fingerprint density at radius 1 is 0.750 bits per heavy atom. The SMILES string of the molecule is CCN(CC)[C@H](C(=O)N1CCCC1c1ncc(-c2ccc(-c3ncc(-c4cnc([C@@H]5CCCN5C(=O)[C@@H](NC(=O)O)C(C)C)[nH]4)cn3)cc2)[nH]1)c1ccccc1. The molecule has 0 spiro atoms. The first-order valence-electron chi connectivity index (χ1n) is 19.6. The fraction of sp³-hybridized carbons (Fsp3) is 0.405. The number of amides is 3. The minimum atomic E-state index is -1.22. The second kappa shape index (κ2) is 16.9. The number of carboxylic acid groups (broad SMARTS) is 1. The lowest BCUT2D eigenvalue weighted by atomic mass is 10.0. The van der Waals surface area contributed by atoms with Crippen molar-refractivity contribution in [3.05, 3.63) is 96.6 Å². The highest BCUT2D eigenvalue weighted by atomic mass is 16.4. The molecule has 0 aliphatic carbocycles. The number of nitrogens with one attached hydrogen (secondary N) is 3. The highest BCUT2D eigenvalue weighted by molar-refractivity contribution is 5.86. The van der Waals surface area contributed by atoms with Crippen LogP contribution < -0.4 is 5.32 Å². The zero-order valence-electron chi connectivity index (χ0n) is 32.4. The van der Waals surface area contributed by atoms with Crippen molar-refractivity contribution in [1.29, 1.82) is 0 Å². The van der Waals surface area contributed by atoms with E-state index >= 15 is 0 Å². The lowest BCUT2D eigenvalue weighted by Crippen LogP contribution is -2.50. The molecule has 2 aromatic carbocycles. The maximum atomic E-state index is 14.2. The van der Waals surface area contributed by atoms with E-state index in [4.69, 9.17) is 4.98 Å². The number of H-pyrrole nitrogens is 2. The average molecular weight is 759 g/mol. The first kappa shape index (κ1) is 38.4. The van der Waals surface area contributed by atoms with Gasteiger partial charge in [0.15, 0.2) is 5.82 Å². The Kier molecular flexibility index (Phi) is 11.6. The number of benzene rings is 2. The normalized spacial score (nSPS) is 18.1. The van der Waals surface area contributed by atoms with Gasteiger partial charge in [0.2, 0.25) is 11.8 Å². The van der Waals surface area contributed by atoms with Crippen molar-refractivity contribution < 1.29 is 19.5 Å². The van der Waals surface area contributed by atoms with Crippen LogP contribution in [0.15, 0.2) is 79.4 Å². The molecule has 0 saturated carbocycles. The van der Waals surface area contributed by atoms with Gasteiger partial charge in [-0.05, 0) is 55.8 Å². The van der Waals surface area contributed by atoms with Gasteiger partial charge in [-0.3, -0.25) is 14.5 Å². The molecule has 5 aromatic rings. The third-order valence-electron chi connectivity index (χ3n) is 11.0. The standard InChI is InChI=1S/C42H50N10O4/c1-5-50(6-2)36(28-12-8-7-9-13-28)41(54)52-21-11-15-34(52)39-45-24-31(47-39)27-16-18-29(19-17-27)37-43-22-30(23-44-37)32-25-46-38(48-32)33-14-10-20-51(33)40(53)35(26(3)4)49-42(55)56/h7-9,12-13,16-19,22-26,33-36,49H,5-6,10-11,14-15,20-21H2,1-4H3,(H,45,47)(H,46,48)(H,55,56)/t33-,34?,35-,36-/m0/s1. The van der Waals surface area contributed by atoms with Gasteiger partial charge in [0.25, 0.3) is 0 Å². The van der Waals surface area contributed by atoms with E-state index in [9.17, 15) is 19.5 Å². The van der Waals surface area contributed by atoms with Gasteiger partial charge < -0.3 is 30.2 Å². The topological polar surface area (TPSA) is 176 Å². The van der Waals surface area contributed by atoms with E-state index in [1.807, 2.05) is 79.5 Å². The number of aromatic nitrogens is 6. The lowest BCUT2D eigenvalue weighted by Gasteiger charge is -2.34. The van der Waals surface area contributed by atoms with Crippen LogP contribution in [-0.4, -0.2) is 99.8 Å².